The molecule has 1 N–H and O–H groups in total. The van der Waals surface area contributed by atoms with Crippen LogP contribution in [0.15, 0.2) is 66.7 Å². The number of nitrogens with zero attached hydrogens (tertiary/aromatic N) is 1. The zero-order valence-electron chi connectivity index (χ0n) is 14.3. The molecule has 0 aliphatic carbocycles. The van der Waals surface area contributed by atoms with E-state index < -0.39 is 16.6 Å². The molecular formula is C20H15FN2O4. The van der Waals surface area contributed by atoms with Crippen LogP contribution >= 0.6 is 0 Å². The van der Waals surface area contributed by atoms with Gasteiger partial charge in [-0.2, -0.15) is 0 Å². The largest absolute Gasteiger partial charge is 0.457 e. The topological polar surface area (TPSA) is 81.5 Å². The van der Waals surface area contributed by atoms with Crippen LogP contribution in [-0.4, -0.2) is 10.8 Å². The molecule has 0 spiro atoms. The number of nitrogens with one attached hydrogen (secondary N) is 1. The summed E-state index contributed by atoms with van der Waals surface area (Å²) in [5.74, 6) is -0.731. The molecule has 0 bridgehead atoms. The predicted molar refractivity (Wildman–Crippen MR) is 98.7 cm³/mol. The van der Waals surface area contributed by atoms with Crippen LogP contribution in [0, 0.1) is 22.9 Å². The molecule has 1 amide bonds. The van der Waals surface area contributed by atoms with Gasteiger partial charge in [-0.25, -0.2) is 4.39 Å². The van der Waals surface area contributed by atoms with E-state index in [2.05, 4.69) is 5.32 Å². The average molecular weight is 366 g/mol. The lowest BCUT2D eigenvalue weighted by Crippen LogP contribution is -2.14. The van der Waals surface area contributed by atoms with Crippen LogP contribution < -0.4 is 10.1 Å². The predicted octanol–water partition coefficient (Wildman–Crippen LogP) is 5.09. The summed E-state index contributed by atoms with van der Waals surface area (Å²) in [4.78, 5) is 23.1. The molecule has 0 aromatic heterocycles. The van der Waals surface area contributed by atoms with Crippen LogP contribution in [0.25, 0.3) is 0 Å². The average Bonchev–Trinajstić information content (AvgIpc) is 2.65. The van der Waals surface area contributed by atoms with Crippen LogP contribution in [0.5, 0.6) is 11.5 Å². The van der Waals surface area contributed by atoms with Crippen molar-refractivity contribution in [3.05, 3.63) is 93.8 Å². The maximum Gasteiger partial charge on any atom is 0.270 e. The first kappa shape index (κ1) is 18.1. The third kappa shape index (κ3) is 4.27. The summed E-state index contributed by atoms with van der Waals surface area (Å²) in [6.07, 6.45) is 0. The number of benzene rings is 3. The summed E-state index contributed by atoms with van der Waals surface area (Å²) in [6.45, 7) is 1.72. The zero-order valence-corrected chi connectivity index (χ0v) is 14.3. The molecule has 6 nitrogen and oxygen atoms in total. The number of nitro benzene ring substituents is 1. The van der Waals surface area contributed by atoms with E-state index >= 15 is 0 Å². The fourth-order valence-electron chi connectivity index (χ4n) is 2.42. The van der Waals surface area contributed by atoms with Gasteiger partial charge in [0.15, 0.2) is 0 Å². The highest BCUT2D eigenvalue weighted by atomic mass is 19.1. The zero-order chi connectivity index (χ0) is 19.4. The molecule has 136 valence electrons. The number of non-ortho nitro benzene ring substituents is 1. The molecule has 0 saturated carbocycles. The molecule has 3 aromatic rings. The first-order chi connectivity index (χ1) is 12.9. The smallest absolute Gasteiger partial charge is 0.270 e. The number of rotatable bonds is 5. The van der Waals surface area contributed by atoms with Gasteiger partial charge in [0.25, 0.3) is 11.6 Å². The van der Waals surface area contributed by atoms with Crippen molar-refractivity contribution in [1.82, 2.24) is 0 Å². The molecule has 0 aliphatic rings. The van der Waals surface area contributed by atoms with Crippen LogP contribution in [0.3, 0.4) is 0 Å². The highest BCUT2D eigenvalue weighted by molar-refractivity contribution is 6.06. The second-order valence-corrected chi connectivity index (χ2v) is 5.79. The van der Waals surface area contributed by atoms with Crippen LogP contribution in [0.1, 0.15) is 15.9 Å². The normalized spacial score (nSPS) is 10.3. The monoisotopic (exact) mass is 366 g/mol. The minimum atomic E-state index is -0.715. The van der Waals surface area contributed by atoms with Crippen molar-refractivity contribution in [3.8, 4) is 11.5 Å². The molecular weight excluding hydrogens is 351 g/mol. The molecule has 0 saturated heterocycles. The summed E-state index contributed by atoms with van der Waals surface area (Å²) in [5, 5.41) is 13.5. The Morgan fingerprint density at radius 2 is 1.81 bits per heavy atom. The summed E-state index contributed by atoms with van der Waals surface area (Å²) in [7, 11) is 0. The Morgan fingerprint density at radius 1 is 1.07 bits per heavy atom. The number of para-hydroxylation sites is 1. The highest BCUT2D eigenvalue weighted by Gasteiger charge is 2.19. The van der Waals surface area contributed by atoms with Gasteiger partial charge in [-0.1, -0.05) is 24.3 Å². The number of ether oxygens (including phenoxy) is 1. The quantitative estimate of drug-likeness (QED) is 0.504. The molecule has 0 heterocycles. The third-order valence-corrected chi connectivity index (χ3v) is 3.76. The summed E-state index contributed by atoms with van der Waals surface area (Å²) >= 11 is 0. The van der Waals surface area contributed by atoms with E-state index in [4.69, 9.17) is 4.74 Å². The molecule has 0 fully saturated rings. The lowest BCUT2D eigenvalue weighted by Gasteiger charge is -2.12. The fraction of sp³-hybridized carbons (Fsp3) is 0.0500. The van der Waals surface area contributed by atoms with Gasteiger partial charge in [-0.15, -0.1) is 0 Å². The molecule has 7 heteroatoms. The van der Waals surface area contributed by atoms with Gasteiger partial charge in [-0.3, -0.25) is 14.9 Å². The van der Waals surface area contributed by atoms with Gasteiger partial charge < -0.3 is 10.1 Å². The molecule has 0 aliphatic heterocycles. The first-order valence-corrected chi connectivity index (χ1v) is 8.03. The Labute approximate surface area is 154 Å². The van der Waals surface area contributed by atoms with Crippen molar-refractivity contribution >= 4 is 17.3 Å². The van der Waals surface area contributed by atoms with Gasteiger partial charge in [-0.05, 0) is 42.8 Å². The molecule has 0 atom stereocenters. The van der Waals surface area contributed by atoms with Gasteiger partial charge in [0.05, 0.1) is 16.2 Å². The number of amides is 1. The third-order valence-electron chi connectivity index (χ3n) is 3.76. The van der Waals surface area contributed by atoms with E-state index in [1.807, 2.05) is 0 Å². The molecule has 3 aromatic carbocycles. The van der Waals surface area contributed by atoms with E-state index in [1.54, 1.807) is 43.3 Å². The summed E-state index contributed by atoms with van der Waals surface area (Å²) < 4.78 is 19.7. The van der Waals surface area contributed by atoms with Gasteiger partial charge in [0, 0.05) is 12.1 Å². The molecule has 3 rings (SSSR count). The number of carbonyl (C=O) groups is 1. The van der Waals surface area contributed by atoms with Crippen molar-refractivity contribution in [2.24, 2.45) is 0 Å². The van der Waals surface area contributed by atoms with Crippen LogP contribution in [-0.2, 0) is 0 Å². The summed E-state index contributed by atoms with van der Waals surface area (Å²) in [5.41, 5.74) is 0.328. The number of hydrogen-bond donors (Lipinski definition) is 1. The first-order valence-electron chi connectivity index (χ1n) is 8.03. The second-order valence-electron chi connectivity index (χ2n) is 5.79. The maximum absolute atomic E-state index is 14.0. The van der Waals surface area contributed by atoms with Crippen molar-refractivity contribution in [2.45, 2.75) is 6.92 Å². The van der Waals surface area contributed by atoms with E-state index in [-0.39, 0.29) is 22.7 Å². The molecule has 0 unspecified atom stereocenters. The molecule has 0 radical (unpaired) electrons. The summed E-state index contributed by atoms with van der Waals surface area (Å²) in [6, 6.07) is 16.7. The van der Waals surface area contributed by atoms with Gasteiger partial charge in [0.1, 0.15) is 17.3 Å². The number of halogens is 1. The van der Waals surface area contributed by atoms with E-state index in [9.17, 15) is 19.3 Å². The van der Waals surface area contributed by atoms with Crippen LogP contribution in [0.4, 0.5) is 15.8 Å². The Bertz CT molecular complexity index is 1010. The fourth-order valence-corrected chi connectivity index (χ4v) is 2.42. The number of hydrogen-bond acceptors (Lipinski definition) is 4. The Kier molecular flexibility index (Phi) is 5.12. The van der Waals surface area contributed by atoms with E-state index in [0.29, 0.717) is 11.3 Å². The van der Waals surface area contributed by atoms with Crippen molar-refractivity contribution in [3.63, 3.8) is 0 Å². The molecule has 27 heavy (non-hydrogen) atoms. The Balaban J connectivity index is 1.96. The Hall–Kier alpha value is -3.74. The number of aryl methyl sites for hydroxylation is 1. The second kappa shape index (κ2) is 7.65. The van der Waals surface area contributed by atoms with Crippen LogP contribution in [0.2, 0.25) is 0 Å². The minimum Gasteiger partial charge on any atom is -0.457 e. The van der Waals surface area contributed by atoms with E-state index in [0.717, 1.165) is 6.07 Å². The lowest BCUT2D eigenvalue weighted by atomic mass is 10.1. The number of carbonyl (C=O) groups excluding carboxylic acids is 1. The Morgan fingerprint density at radius 3 is 2.48 bits per heavy atom. The SMILES string of the molecule is Cc1ccc(NC(=O)c2cc([N+](=O)[O-])ccc2Oc2ccccc2)c(F)c1. The minimum absolute atomic E-state index is 0.0252. The highest BCUT2D eigenvalue weighted by Crippen LogP contribution is 2.29. The number of anilines is 1. The number of nitro groups is 1. The standard InChI is InChI=1S/C20H15FN2O4/c1-13-7-9-18(17(21)11-13)22-20(24)16-12-14(23(25)26)8-10-19(16)27-15-5-3-2-4-6-15/h2-12H,1H3,(H,22,24). The van der Waals surface area contributed by atoms with E-state index in [1.165, 1.54) is 24.3 Å². The van der Waals surface area contributed by atoms with Crippen molar-refractivity contribution < 1.29 is 18.8 Å². The van der Waals surface area contributed by atoms with Gasteiger partial charge in [0.2, 0.25) is 0 Å². The maximum atomic E-state index is 14.0. The van der Waals surface area contributed by atoms with Crippen molar-refractivity contribution in [1.29, 1.82) is 0 Å². The van der Waals surface area contributed by atoms with Gasteiger partial charge >= 0.3 is 0 Å². The lowest BCUT2D eigenvalue weighted by molar-refractivity contribution is -0.384. The van der Waals surface area contributed by atoms with Crippen molar-refractivity contribution in [2.75, 3.05) is 5.32 Å².